The zero-order chi connectivity index (χ0) is 21.0. The van der Waals surface area contributed by atoms with Crippen molar-refractivity contribution >= 4 is 28.4 Å². The van der Waals surface area contributed by atoms with E-state index >= 15 is 0 Å². The molecule has 0 spiro atoms. The van der Waals surface area contributed by atoms with Gasteiger partial charge in [-0.15, -0.1) is 0 Å². The highest BCUT2D eigenvalue weighted by Gasteiger charge is 2.15. The number of carbonyl (C=O) groups is 2. The molecule has 0 aliphatic heterocycles. The molecule has 8 heteroatoms. The van der Waals surface area contributed by atoms with Crippen molar-refractivity contribution in [3.8, 4) is 0 Å². The summed E-state index contributed by atoms with van der Waals surface area (Å²) in [7, 11) is 1.53. The summed E-state index contributed by atoms with van der Waals surface area (Å²) < 4.78 is 1.36. The van der Waals surface area contributed by atoms with Crippen LogP contribution in [0.2, 0.25) is 0 Å². The van der Waals surface area contributed by atoms with Gasteiger partial charge in [-0.3, -0.25) is 23.9 Å². The van der Waals surface area contributed by atoms with Gasteiger partial charge in [0.25, 0.3) is 5.56 Å². The van der Waals surface area contributed by atoms with E-state index in [4.69, 9.17) is 0 Å². The van der Waals surface area contributed by atoms with Crippen LogP contribution in [0.3, 0.4) is 0 Å². The standard InChI is InChI=1S/C21H22N4O4/c1-14-7-9-15(10-8-14)22-18(26)13-24(2)19(27)11-12-25-17-6-4-3-5-16(17)20(28)23-21(25)29/h3-10H,11-13H2,1-2H3,(H,22,26)(H,23,28,29). The molecule has 2 amide bonds. The number of H-pyrrole nitrogens is 1. The van der Waals surface area contributed by atoms with Crippen LogP contribution in [0.25, 0.3) is 10.9 Å². The molecule has 1 aromatic heterocycles. The number of hydrogen-bond donors (Lipinski definition) is 2. The second kappa shape index (κ2) is 8.55. The molecule has 2 aromatic carbocycles. The third kappa shape index (κ3) is 4.78. The summed E-state index contributed by atoms with van der Waals surface area (Å²) in [5.74, 6) is -0.595. The minimum Gasteiger partial charge on any atom is -0.336 e. The molecule has 8 nitrogen and oxygen atoms in total. The topological polar surface area (TPSA) is 104 Å². The Labute approximate surface area is 166 Å². The van der Waals surface area contributed by atoms with Crippen molar-refractivity contribution in [3.05, 3.63) is 74.9 Å². The van der Waals surface area contributed by atoms with Crippen LogP contribution in [0.4, 0.5) is 5.69 Å². The molecule has 0 bridgehead atoms. The van der Waals surface area contributed by atoms with Gasteiger partial charge < -0.3 is 10.2 Å². The largest absolute Gasteiger partial charge is 0.336 e. The number of likely N-dealkylation sites (N-methyl/N-ethyl adjacent to an activating group) is 1. The Kier molecular flexibility index (Phi) is 5.92. The lowest BCUT2D eigenvalue weighted by atomic mass is 10.2. The number of para-hydroxylation sites is 1. The number of aryl methyl sites for hydroxylation is 2. The molecule has 0 fully saturated rings. The number of aromatic amines is 1. The van der Waals surface area contributed by atoms with E-state index in [2.05, 4.69) is 10.3 Å². The number of nitrogens with zero attached hydrogens (tertiary/aromatic N) is 2. The summed E-state index contributed by atoms with van der Waals surface area (Å²) in [5.41, 5.74) is 1.18. The molecule has 3 rings (SSSR count). The van der Waals surface area contributed by atoms with Gasteiger partial charge in [0.2, 0.25) is 11.8 Å². The quantitative estimate of drug-likeness (QED) is 0.661. The van der Waals surface area contributed by atoms with Crippen molar-refractivity contribution in [3.63, 3.8) is 0 Å². The Morgan fingerprint density at radius 1 is 1.07 bits per heavy atom. The predicted octanol–water partition coefficient (Wildman–Crippen LogP) is 1.49. The number of carbonyl (C=O) groups excluding carboxylic acids is 2. The van der Waals surface area contributed by atoms with Crippen molar-refractivity contribution in [2.75, 3.05) is 18.9 Å². The summed E-state index contributed by atoms with van der Waals surface area (Å²) >= 11 is 0. The first kappa shape index (κ1) is 20.1. The fourth-order valence-electron chi connectivity index (χ4n) is 3.00. The first-order valence-corrected chi connectivity index (χ1v) is 9.17. The SMILES string of the molecule is Cc1ccc(NC(=O)CN(C)C(=O)CCn2c(=O)[nH]c(=O)c3ccccc32)cc1. The molecule has 0 unspecified atom stereocenters. The maximum Gasteiger partial charge on any atom is 0.328 e. The second-order valence-electron chi connectivity index (χ2n) is 6.84. The maximum atomic E-state index is 12.4. The Morgan fingerprint density at radius 3 is 2.48 bits per heavy atom. The minimum absolute atomic E-state index is 0.0181. The number of hydrogen-bond acceptors (Lipinski definition) is 4. The Bertz CT molecular complexity index is 1160. The Balaban J connectivity index is 1.63. The van der Waals surface area contributed by atoms with E-state index in [-0.39, 0.29) is 31.3 Å². The zero-order valence-electron chi connectivity index (χ0n) is 16.3. The van der Waals surface area contributed by atoms with E-state index in [0.29, 0.717) is 16.6 Å². The average molecular weight is 394 g/mol. The first-order valence-electron chi connectivity index (χ1n) is 9.17. The van der Waals surface area contributed by atoms with Crippen LogP contribution in [0.15, 0.2) is 58.1 Å². The van der Waals surface area contributed by atoms with E-state index in [9.17, 15) is 19.2 Å². The number of fused-ring (bicyclic) bond motifs is 1. The normalized spacial score (nSPS) is 10.7. The lowest BCUT2D eigenvalue weighted by Gasteiger charge is -2.17. The molecular formula is C21H22N4O4. The fraction of sp³-hybridized carbons (Fsp3) is 0.238. The summed E-state index contributed by atoms with van der Waals surface area (Å²) in [6.07, 6.45) is 0.0181. The summed E-state index contributed by atoms with van der Waals surface area (Å²) in [6.45, 7) is 1.95. The first-order chi connectivity index (χ1) is 13.8. The molecule has 0 saturated carbocycles. The number of nitrogens with one attached hydrogen (secondary N) is 2. The molecule has 3 aromatic rings. The summed E-state index contributed by atoms with van der Waals surface area (Å²) in [6, 6.07) is 14.1. The van der Waals surface area contributed by atoms with Crippen molar-refractivity contribution in [2.24, 2.45) is 0 Å². The molecule has 0 radical (unpaired) electrons. The molecule has 29 heavy (non-hydrogen) atoms. The monoisotopic (exact) mass is 394 g/mol. The van der Waals surface area contributed by atoms with Crippen LogP contribution in [-0.4, -0.2) is 39.9 Å². The summed E-state index contributed by atoms with van der Waals surface area (Å²) in [4.78, 5) is 52.2. The fourth-order valence-corrected chi connectivity index (χ4v) is 3.00. The van der Waals surface area contributed by atoms with Crippen molar-refractivity contribution in [2.45, 2.75) is 19.9 Å². The lowest BCUT2D eigenvalue weighted by molar-refractivity contribution is -0.133. The van der Waals surface area contributed by atoms with Gasteiger partial charge in [-0.25, -0.2) is 4.79 Å². The third-order valence-electron chi connectivity index (χ3n) is 4.60. The molecule has 1 heterocycles. The molecule has 2 N–H and O–H groups in total. The third-order valence-corrected chi connectivity index (χ3v) is 4.60. The number of benzene rings is 2. The van der Waals surface area contributed by atoms with Gasteiger partial charge in [-0.05, 0) is 31.2 Å². The van der Waals surface area contributed by atoms with Crippen LogP contribution in [0.5, 0.6) is 0 Å². The van der Waals surface area contributed by atoms with Crippen molar-refractivity contribution in [1.82, 2.24) is 14.5 Å². The van der Waals surface area contributed by atoms with Gasteiger partial charge in [-0.1, -0.05) is 29.8 Å². The molecule has 0 aliphatic rings. The zero-order valence-corrected chi connectivity index (χ0v) is 16.3. The summed E-state index contributed by atoms with van der Waals surface area (Å²) in [5, 5.41) is 3.12. The van der Waals surface area contributed by atoms with Crippen LogP contribution >= 0.6 is 0 Å². The van der Waals surface area contributed by atoms with Crippen LogP contribution in [0, 0.1) is 6.92 Å². The van der Waals surface area contributed by atoms with E-state index in [0.717, 1.165) is 5.56 Å². The van der Waals surface area contributed by atoms with Crippen LogP contribution in [0.1, 0.15) is 12.0 Å². The van der Waals surface area contributed by atoms with Crippen LogP contribution < -0.4 is 16.6 Å². The van der Waals surface area contributed by atoms with E-state index in [1.807, 2.05) is 19.1 Å². The van der Waals surface area contributed by atoms with Gasteiger partial charge in [-0.2, -0.15) is 0 Å². The van der Waals surface area contributed by atoms with E-state index in [1.54, 1.807) is 36.4 Å². The highest BCUT2D eigenvalue weighted by atomic mass is 16.2. The van der Waals surface area contributed by atoms with Crippen LogP contribution in [-0.2, 0) is 16.1 Å². The molecule has 0 aliphatic carbocycles. The van der Waals surface area contributed by atoms with Crippen molar-refractivity contribution in [1.29, 1.82) is 0 Å². The number of rotatable bonds is 6. The highest BCUT2D eigenvalue weighted by molar-refractivity contribution is 5.94. The van der Waals surface area contributed by atoms with Gasteiger partial charge in [0.1, 0.15) is 0 Å². The minimum atomic E-state index is -0.568. The van der Waals surface area contributed by atoms with Crippen molar-refractivity contribution < 1.29 is 9.59 Å². The lowest BCUT2D eigenvalue weighted by Crippen LogP contribution is -2.36. The number of anilines is 1. The average Bonchev–Trinajstić information content (AvgIpc) is 2.69. The van der Waals surface area contributed by atoms with Gasteiger partial charge in [0, 0.05) is 25.7 Å². The smallest absolute Gasteiger partial charge is 0.328 e. The second-order valence-corrected chi connectivity index (χ2v) is 6.84. The predicted molar refractivity (Wildman–Crippen MR) is 111 cm³/mol. The number of aromatic nitrogens is 2. The van der Waals surface area contributed by atoms with E-state index in [1.165, 1.54) is 16.5 Å². The maximum absolute atomic E-state index is 12.4. The molecule has 0 saturated heterocycles. The molecular weight excluding hydrogens is 372 g/mol. The number of amides is 2. The van der Waals surface area contributed by atoms with Gasteiger partial charge >= 0.3 is 5.69 Å². The van der Waals surface area contributed by atoms with E-state index < -0.39 is 11.2 Å². The van der Waals surface area contributed by atoms with Gasteiger partial charge in [0.15, 0.2) is 0 Å². The Hall–Kier alpha value is -3.68. The Morgan fingerprint density at radius 2 is 1.76 bits per heavy atom. The molecule has 0 atom stereocenters. The molecule has 150 valence electrons. The van der Waals surface area contributed by atoms with Gasteiger partial charge in [0.05, 0.1) is 17.4 Å². The highest BCUT2D eigenvalue weighted by Crippen LogP contribution is 2.09.